The van der Waals surface area contributed by atoms with Gasteiger partial charge in [-0.1, -0.05) is 19.1 Å². The Morgan fingerprint density at radius 3 is 2.59 bits per heavy atom. The van der Waals surface area contributed by atoms with Gasteiger partial charge in [0.05, 0.1) is 31.8 Å². The summed E-state index contributed by atoms with van der Waals surface area (Å²) in [5.41, 5.74) is 3.86. The average molecular weight is 482 g/mol. The van der Waals surface area contributed by atoms with Crippen LogP contribution in [0.4, 0.5) is 0 Å². The quantitative estimate of drug-likeness (QED) is 0.529. The van der Waals surface area contributed by atoms with Crippen LogP contribution < -0.4 is 14.8 Å². The van der Waals surface area contributed by atoms with Gasteiger partial charge in [0.25, 0.3) is 0 Å². The van der Waals surface area contributed by atoms with Gasteiger partial charge >= 0.3 is 5.97 Å². The van der Waals surface area contributed by atoms with Crippen LogP contribution in [-0.2, 0) is 14.3 Å². The molecule has 6 nitrogen and oxygen atoms in total. The number of nitrogens with one attached hydrogen (secondary N) is 1. The summed E-state index contributed by atoms with van der Waals surface area (Å²) < 4.78 is 16.5. The lowest BCUT2D eigenvalue weighted by Gasteiger charge is -2.36. The molecule has 4 rings (SSSR count). The summed E-state index contributed by atoms with van der Waals surface area (Å²) in [4.78, 5) is 27.8. The maximum atomic E-state index is 13.6. The van der Waals surface area contributed by atoms with E-state index in [9.17, 15) is 9.59 Å². The molecule has 1 aromatic carbocycles. The zero-order valence-electron chi connectivity index (χ0n) is 20.3. The molecule has 0 radical (unpaired) electrons. The largest absolute Gasteiger partial charge is 0.493 e. The van der Waals surface area contributed by atoms with E-state index in [-0.39, 0.29) is 23.8 Å². The number of carbonyl (C=O) groups excluding carboxylic acids is 2. The number of thiophene rings is 1. The Bertz CT molecular complexity index is 1150. The first-order chi connectivity index (χ1) is 16.4. The summed E-state index contributed by atoms with van der Waals surface area (Å²) in [6, 6.07) is 9.75. The smallest absolute Gasteiger partial charge is 0.337 e. The molecule has 3 atom stereocenters. The number of hydrogen-bond acceptors (Lipinski definition) is 7. The molecule has 1 aromatic heterocycles. The molecule has 1 N–H and O–H groups in total. The van der Waals surface area contributed by atoms with Gasteiger partial charge in [-0.15, -0.1) is 11.3 Å². The number of carbonyl (C=O) groups is 2. The monoisotopic (exact) mass is 481 g/mol. The molecule has 0 unspecified atom stereocenters. The van der Waals surface area contributed by atoms with Crippen molar-refractivity contribution < 1.29 is 23.8 Å². The minimum absolute atomic E-state index is 0.00366. The number of esters is 1. The van der Waals surface area contributed by atoms with E-state index >= 15 is 0 Å². The highest BCUT2D eigenvalue weighted by atomic mass is 32.1. The minimum atomic E-state index is -0.411. The van der Waals surface area contributed by atoms with Crippen LogP contribution in [0.3, 0.4) is 0 Å². The molecular weight excluding hydrogens is 450 g/mol. The Balaban J connectivity index is 1.72. The van der Waals surface area contributed by atoms with Crippen LogP contribution in [0.1, 0.15) is 62.3 Å². The van der Waals surface area contributed by atoms with Gasteiger partial charge in [0, 0.05) is 28.3 Å². The van der Waals surface area contributed by atoms with Crippen molar-refractivity contribution in [1.82, 2.24) is 5.32 Å². The maximum absolute atomic E-state index is 13.6. The molecule has 0 saturated carbocycles. The van der Waals surface area contributed by atoms with Gasteiger partial charge in [-0.2, -0.15) is 0 Å². The summed E-state index contributed by atoms with van der Waals surface area (Å²) in [5.74, 6) is 0.583. The van der Waals surface area contributed by atoms with Gasteiger partial charge in [0.2, 0.25) is 0 Å². The van der Waals surface area contributed by atoms with E-state index in [4.69, 9.17) is 14.2 Å². The third-order valence-electron chi connectivity index (χ3n) is 6.64. The number of dihydropyridines is 1. The van der Waals surface area contributed by atoms with Crippen molar-refractivity contribution in [2.45, 2.75) is 58.0 Å². The maximum Gasteiger partial charge on any atom is 0.337 e. The molecular formula is C27H31NO5S. The number of rotatable bonds is 7. The Morgan fingerprint density at radius 2 is 1.94 bits per heavy atom. The predicted octanol–water partition coefficient (Wildman–Crippen LogP) is 5.47. The van der Waals surface area contributed by atoms with E-state index in [1.165, 1.54) is 0 Å². The fraction of sp³-hybridized carbons (Fsp3) is 0.407. The van der Waals surface area contributed by atoms with Crippen LogP contribution in [-0.4, -0.2) is 32.1 Å². The number of Topliss-reactive ketones (excluding diaryl/α,β-unsaturated/α-hetero) is 1. The number of methoxy groups -OCH3 is 2. The van der Waals surface area contributed by atoms with Crippen LogP contribution in [0.5, 0.6) is 11.5 Å². The predicted molar refractivity (Wildman–Crippen MR) is 132 cm³/mol. The van der Waals surface area contributed by atoms with Crippen molar-refractivity contribution in [3.05, 3.63) is 68.7 Å². The van der Waals surface area contributed by atoms with E-state index in [2.05, 4.69) is 5.32 Å². The first-order valence-electron chi connectivity index (χ1n) is 11.6. The summed E-state index contributed by atoms with van der Waals surface area (Å²) in [6.07, 6.45) is 1.58. The molecule has 7 heteroatoms. The zero-order valence-corrected chi connectivity index (χ0v) is 21.1. The van der Waals surface area contributed by atoms with E-state index in [0.717, 1.165) is 28.3 Å². The summed E-state index contributed by atoms with van der Waals surface area (Å²) >= 11 is 1.55. The normalized spacial score (nSPS) is 21.0. The summed E-state index contributed by atoms with van der Waals surface area (Å²) in [7, 11) is 3.21. The second-order valence-corrected chi connectivity index (χ2v) is 9.75. The lowest BCUT2D eigenvalue weighted by atomic mass is 9.73. The van der Waals surface area contributed by atoms with Crippen molar-refractivity contribution >= 4 is 23.1 Å². The number of hydrogen-bond donors (Lipinski definition) is 1. The van der Waals surface area contributed by atoms with Gasteiger partial charge in [-0.05, 0) is 61.7 Å². The number of benzene rings is 1. The lowest BCUT2D eigenvalue weighted by molar-refractivity contribution is -0.143. The number of ether oxygens (including phenoxy) is 3. The van der Waals surface area contributed by atoms with Gasteiger partial charge in [-0.25, -0.2) is 4.79 Å². The van der Waals surface area contributed by atoms with E-state index in [0.29, 0.717) is 35.5 Å². The second kappa shape index (κ2) is 10.1. The third kappa shape index (κ3) is 4.49. The van der Waals surface area contributed by atoms with Crippen molar-refractivity contribution in [2.24, 2.45) is 0 Å². The number of ketones is 1. The Morgan fingerprint density at radius 1 is 1.18 bits per heavy atom. The molecule has 0 amide bonds. The Kier molecular flexibility index (Phi) is 7.12. The Labute approximate surface area is 204 Å². The fourth-order valence-corrected chi connectivity index (χ4v) is 5.56. The number of allylic oxidation sites excluding steroid dienone is 3. The van der Waals surface area contributed by atoms with E-state index in [1.54, 1.807) is 25.6 Å². The molecule has 2 aromatic rings. The van der Waals surface area contributed by atoms with Crippen LogP contribution in [0.15, 0.2) is 58.3 Å². The van der Waals surface area contributed by atoms with Gasteiger partial charge < -0.3 is 19.5 Å². The first-order valence-corrected chi connectivity index (χ1v) is 12.5. The molecule has 0 saturated heterocycles. The molecule has 2 heterocycles. The highest BCUT2D eigenvalue weighted by Gasteiger charge is 2.42. The topological polar surface area (TPSA) is 73.9 Å². The van der Waals surface area contributed by atoms with Crippen LogP contribution >= 0.6 is 11.3 Å². The highest BCUT2D eigenvalue weighted by Crippen LogP contribution is 2.47. The average Bonchev–Trinajstić information content (AvgIpc) is 3.37. The molecule has 0 fully saturated rings. The van der Waals surface area contributed by atoms with E-state index < -0.39 is 5.92 Å². The molecule has 0 bridgehead atoms. The van der Waals surface area contributed by atoms with Crippen LogP contribution in [0.2, 0.25) is 0 Å². The van der Waals surface area contributed by atoms with E-state index in [1.807, 2.05) is 56.5 Å². The van der Waals surface area contributed by atoms with Crippen molar-refractivity contribution in [3.8, 4) is 11.5 Å². The molecule has 34 heavy (non-hydrogen) atoms. The highest BCUT2D eigenvalue weighted by molar-refractivity contribution is 7.10. The first kappa shape index (κ1) is 24.1. The summed E-state index contributed by atoms with van der Waals surface area (Å²) in [5, 5.41) is 5.38. The molecule has 180 valence electrons. The Hall–Kier alpha value is -3.06. The van der Waals surface area contributed by atoms with Crippen molar-refractivity contribution in [1.29, 1.82) is 0 Å². The van der Waals surface area contributed by atoms with Crippen LogP contribution in [0.25, 0.3) is 0 Å². The molecule has 2 aliphatic rings. The van der Waals surface area contributed by atoms with Crippen molar-refractivity contribution in [2.75, 3.05) is 14.2 Å². The standard InChI is InChI=1S/C27H31NO5S/c1-6-15(2)33-27(30)24-16(3)28-19-12-18(17-9-10-21(31-4)22(14-17)32-5)13-20(29)25(19)26(24)23-8-7-11-34-23/h7-11,14-15,18,26,28H,6,12-13H2,1-5H3/t15-,18-,26+/m1/s1. The molecule has 0 spiro atoms. The fourth-order valence-electron chi connectivity index (χ4n) is 4.72. The lowest BCUT2D eigenvalue weighted by Crippen LogP contribution is -2.36. The zero-order chi connectivity index (χ0) is 24.4. The van der Waals surface area contributed by atoms with Crippen LogP contribution in [0, 0.1) is 0 Å². The van der Waals surface area contributed by atoms with Gasteiger partial charge in [-0.3, -0.25) is 4.79 Å². The second-order valence-electron chi connectivity index (χ2n) is 8.77. The summed E-state index contributed by atoms with van der Waals surface area (Å²) in [6.45, 7) is 5.76. The minimum Gasteiger partial charge on any atom is -0.493 e. The SMILES string of the molecule is CC[C@@H](C)OC(=O)C1=C(C)NC2=C(C(=O)C[C@H](c3ccc(OC)c(OC)c3)C2)[C@H]1c1cccs1. The third-order valence-corrected chi connectivity index (χ3v) is 7.57. The van der Waals surface area contributed by atoms with Gasteiger partial charge in [0.15, 0.2) is 17.3 Å². The molecule has 1 aliphatic heterocycles. The van der Waals surface area contributed by atoms with Gasteiger partial charge in [0.1, 0.15) is 0 Å². The molecule has 1 aliphatic carbocycles. The van der Waals surface area contributed by atoms with Crippen molar-refractivity contribution in [3.63, 3.8) is 0 Å².